The smallest absolute Gasteiger partial charge is 0.243 e. The second kappa shape index (κ2) is 9.92. The largest absolute Gasteiger partial charge is 0.493 e. The summed E-state index contributed by atoms with van der Waals surface area (Å²) in [5.41, 5.74) is 1.62. The number of benzene rings is 2. The lowest BCUT2D eigenvalue weighted by Gasteiger charge is -2.26. The highest BCUT2D eigenvalue weighted by Crippen LogP contribution is 2.27. The van der Waals surface area contributed by atoms with E-state index in [2.05, 4.69) is 5.32 Å². The van der Waals surface area contributed by atoms with Crippen LogP contribution in [0.5, 0.6) is 11.5 Å². The Bertz CT molecular complexity index is 969. The minimum atomic E-state index is -3.52. The van der Waals surface area contributed by atoms with Crippen molar-refractivity contribution in [2.24, 2.45) is 0 Å². The molecule has 1 fully saturated rings. The number of nitrogens with one attached hydrogen (secondary N) is 1. The number of rotatable bonds is 8. The van der Waals surface area contributed by atoms with E-state index in [4.69, 9.17) is 14.2 Å². The Labute approximate surface area is 176 Å². The Balaban J connectivity index is 1.56. The SMILES string of the molecule is COc1ccc(CC(=O)NCc2ccc(S(=O)(=O)N3CCOCC3)cc2)cc1OC. The van der Waals surface area contributed by atoms with Gasteiger partial charge in [0.25, 0.3) is 0 Å². The number of methoxy groups -OCH3 is 2. The third-order valence-electron chi connectivity index (χ3n) is 4.83. The second-order valence-electron chi connectivity index (χ2n) is 6.80. The van der Waals surface area contributed by atoms with Crippen molar-refractivity contribution in [2.45, 2.75) is 17.9 Å². The van der Waals surface area contributed by atoms with E-state index >= 15 is 0 Å². The number of hydrogen-bond acceptors (Lipinski definition) is 6. The molecule has 3 rings (SSSR count). The first-order valence-electron chi connectivity index (χ1n) is 9.58. The molecular weight excluding hydrogens is 408 g/mol. The fraction of sp³-hybridized carbons (Fsp3) is 0.381. The van der Waals surface area contributed by atoms with Crippen LogP contribution in [0.15, 0.2) is 47.4 Å². The molecule has 1 aliphatic rings. The van der Waals surface area contributed by atoms with Gasteiger partial charge in [0.2, 0.25) is 15.9 Å². The average molecular weight is 435 g/mol. The topological polar surface area (TPSA) is 94.2 Å². The highest BCUT2D eigenvalue weighted by atomic mass is 32.2. The summed E-state index contributed by atoms with van der Waals surface area (Å²) in [6.07, 6.45) is 0.198. The van der Waals surface area contributed by atoms with E-state index in [0.29, 0.717) is 44.3 Å². The van der Waals surface area contributed by atoms with Crippen LogP contribution in [0.25, 0.3) is 0 Å². The van der Waals surface area contributed by atoms with Crippen molar-refractivity contribution < 1.29 is 27.4 Å². The van der Waals surface area contributed by atoms with E-state index in [-0.39, 0.29) is 17.2 Å². The number of carbonyl (C=O) groups is 1. The molecule has 0 atom stereocenters. The number of sulfonamides is 1. The summed E-state index contributed by atoms with van der Waals surface area (Å²) in [7, 11) is -0.416. The Morgan fingerprint density at radius 1 is 1.00 bits per heavy atom. The molecule has 1 heterocycles. The van der Waals surface area contributed by atoms with Crippen LogP contribution in [0.4, 0.5) is 0 Å². The van der Waals surface area contributed by atoms with Crippen LogP contribution < -0.4 is 14.8 Å². The van der Waals surface area contributed by atoms with Crippen LogP contribution in [0, 0.1) is 0 Å². The van der Waals surface area contributed by atoms with E-state index in [1.54, 1.807) is 50.6 Å². The zero-order chi connectivity index (χ0) is 21.6. The maximum absolute atomic E-state index is 12.6. The molecule has 0 radical (unpaired) electrons. The minimum absolute atomic E-state index is 0.146. The van der Waals surface area contributed by atoms with Crippen molar-refractivity contribution in [2.75, 3.05) is 40.5 Å². The van der Waals surface area contributed by atoms with Crippen LogP contribution in [0.1, 0.15) is 11.1 Å². The molecule has 0 aliphatic carbocycles. The molecule has 162 valence electrons. The lowest BCUT2D eigenvalue weighted by atomic mass is 10.1. The van der Waals surface area contributed by atoms with Gasteiger partial charge < -0.3 is 19.5 Å². The Morgan fingerprint density at radius 2 is 1.63 bits per heavy atom. The third kappa shape index (κ3) is 5.29. The van der Waals surface area contributed by atoms with Gasteiger partial charge in [0.05, 0.1) is 38.7 Å². The Morgan fingerprint density at radius 3 is 2.27 bits per heavy atom. The zero-order valence-corrected chi connectivity index (χ0v) is 17.9. The van der Waals surface area contributed by atoms with Crippen LogP contribution in [0.3, 0.4) is 0 Å². The monoisotopic (exact) mass is 434 g/mol. The summed E-state index contributed by atoms with van der Waals surface area (Å²) in [6, 6.07) is 11.9. The fourth-order valence-corrected chi connectivity index (χ4v) is 4.56. The molecule has 0 saturated carbocycles. The van der Waals surface area contributed by atoms with Gasteiger partial charge in [0.15, 0.2) is 11.5 Å². The lowest BCUT2D eigenvalue weighted by molar-refractivity contribution is -0.120. The third-order valence-corrected chi connectivity index (χ3v) is 6.75. The summed E-state index contributed by atoms with van der Waals surface area (Å²) < 4.78 is 42.4. The van der Waals surface area contributed by atoms with Gasteiger partial charge in [0.1, 0.15) is 0 Å². The molecule has 0 aromatic heterocycles. The van der Waals surface area contributed by atoms with Crippen molar-refractivity contribution in [3.63, 3.8) is 0 Å². The summed E-state index contributed by atoms with van der Waals surface area (Å²) in [6.45, 7) is 1.84. The summed E-state index contributed by atoms with van der Waals surface area (Å²) >= 11 is 0. The first-order valence-corrected chi connectivity index (χ1v) is 11.0. The number of carbonyl (C=O) groups excluding carboxylic acids is 1. The predicted molar refractivity (Wildman–Crippen MR) is 111 cm³/mol. The van der Waals surface area contributed by atoms with Crippen molar-refractivity contribution >= 4 is 15.9 Å². The number of amides is 1. The molecule has 30 heavy (non-hydrogen) atoms. The van der Waals surface area contributed by atoms with Crippen molar-refractivity contribution in [1.29, 1.82) is 0 Å². The van der Waals surface area contributed by atoms with Gasteiger partial charge in [-0.15, -0.1) is 0 Å². The van der Waals surface area contributed by atoms with Gasteiger partial charge in [-0.3, -0.25) is 4.79 Å². The van der Waals surface area contributed by atoms with E-state index in [1.165, 1.54) is 4.31 Å². The number of ether oxygens (including phenoxy) is 3. The van der Waals surface area contributed by atoms with Crippen molar-refractivity contribution in [3.8, 4) is 11.5 Å². The van der Waals surface area contributed by atoms with Crippen LogP contribution >= 0.6 is 0 Å². The average Bonchev–Trinajstić information content (AvgIpc) is 2.78. The summed E-state index contributed by atoms with van der Waals surface area (Å²) in [5.74, 6) is 1.03. The standard InChI is InChI=1S/C21H26N2O6S/c1-27-19-8-5-17(13-20(19)28-2)14-21(24)22-15-16-3-6-18(7-4-16)30(25,26)23-9-11-29-12-10-23/h3-8,13H,9-12,14-15H2,1-2H3,(H,22,24). The fourth-order valence-electron chi connectivity index (χ4n) is 3.15. The van der Waals surface area contributed by atoms with Crippen LogP contribution in [-0.4, -0.2) is 59.2 Å². The number of nitrogens with zero attached hydrogens (tertiary/aromatic N) is 1. The first-order chi connectivity index (χ1) is 14.4. The van der Waals surface area contributed by atoms with Gasteiger partial charge >= 0.3 is 0 Å². The molecule has 1 N–H and O–H groups in total. The highest BCUT2D eigenvalue weighted by Gasteiger charge is 2.26. The minimum Gasteiger partial charge on any atom is -0.493 e. The molecule has 1 aliphatic heterocycles. The molecule has 9 heteroatoms. The molecule has 2 aromatic carbocycles. The van der Waals surface area contributed by atoms with Gasteiger partial charge in [-0.1, -0.05) is 18.2 Å². The maximum Gasteiger partial charge on any atom is 0.243 e. The van der Waals surface area contributed by atoms with Gasteiger partial charge in [-0.05, 0) is 35.4 Å². The summed E-state index contributed by atoms with van der Waals surface area (Å²) in [4.78, 5) is 12.5. The van der Waals surface area contributed by atoms with E-state index in [9.17, 15) is 13.2 Å². The number of hydrogen-bond donors (Lipinski definition) is 1. The normalized spacial score (nSPS) is 14.9. The van der Waals surface area contributed by atoms with E-state index < -0.39 is 10.0 Å². The molecule has 8 nitrogen and oxygen atoms in total. The van der Waals surface area contributed by atoms with Gasteiger partial charge in [0, 0.05) is 19.6 Å². The van der Waals surface area contributed by atoms with E-state index in [1.807, 2.05) is 6.07 Å². The zero-order valence-electron chi connectivity index (χ0n) is 17.1. The highest BCUT2D eigenvalue weighted by molar-refractivity contribution is 7.89. The van der Waals surface area contributed by atoms with Crippen LogP contribution in [-0.2, 0) is 32.5 Å². The molecular formula is C21H26N2O6S. The molecule has 0 unspecified atom stereocenters. The Kier molecular flexibility index (Phi) is 7.30. The summed E-state index contributed by atoms with van der Waals surface area (Å²) in [5, 5.41) is 2.85. The number of morpholine rings is 1. The van der Waals surface area contributed by atoms with Crippen molar-refractivity contribution in [3.05, 3.63) is 53.6 Å². The van der Waals surface area contributed by atoms with Gasteiger partial charge in [-0.2, -0.15) is 4.31 Å². The lowest BCUT2D eigenvalue weighted by Crippen LogP contribution is -2.40. The van der Waals surface area contributed by atoms with Gasteiger partial charge in [-0.25, -0.2) is 8.42 Å². The van der Waals surface area contributed by atoms with Crippen molar-refractivity contribution in [1.82, 2.24) is 9.62 Å². The molecule has 1 saturated heterocycles. The predicted octanol–water partition coefficient (Wildman–Crippen LogP) is 1.58. The van der Waals surface area contributed by atoms with E-state index in [0.717, 1.165) is 11.1 Å². The second-order valence-corrected chi connectivity index (χ2v) is 8.74. The first kappa shape index (κ1) is 22.1. The molecule has 0 bridgehead atoms. The molecule has 0 spiro atoms. The quantitative estimate of drug-likeness (QED) is 0.678. The molecule has 1 amide bonds. The molecule has 2 aromatic rings. The maximum atomic E-state index is 12.6. The Hall–Kier alpha value is -2.62. The van der Waals surface area contributed by atoms with Crippen LogP contribution in [0.2, 0.25) is 0 Å².